The first-order valence-electron chi connectivity index (χ1n) is 7.38. The highest BCUT2D eigenvalue weighted by Crippen LogP contribution is 2.48. The Morgan fingerprint density at radius 3 is 2.70 bits per heavy atom. The van der Waals surface area contributed by atoms with Crippen LogP contribution >= 0.6 is 0 Å². The predicted octanol–water partition coefficient (Wildman–Crippen LogP) is 3.84. The number of hydrogen-bond donors (Lipinski definition) is 1. The molecule has 3 heteroatoms. The third-order valence-corrected chi connectivity index (χ3v) is 4.73. The maximum absolute atomic E-state index is 10.7. The van der Waals surface area contributed by atoms with E-state index in [0.717, 1.165) is 43.4 Å². The van der Waals surface area contributed by atoms with Crippen molar-refractivity contribution < 1.29 is 9.84 Å². The smallest absolute Gasteiger partial charge is 0.119 e. The standard InChI is InChI=1S/C17H23NO2/c1-3-13-7-9-17(12-18,10-8-13)16(19)14-5-4-6-15(11-14)20-2/h4-6,11,13,16,19H,3,7-10H2,1-2H3. The highest BCUT2D eigenvalue weighted by Gasteiger charge is 2.42. The lowest BCUT2D eigenvalue weighted by Crippen LogP contribution is -2.32. The van der Waals surface area contributed by atoms with Gasteiger partial charge in [0.1, 0.15) is 5.75 Å². The van der Waals surface area contributed by atoms with Gasteiger partial charge in [-0.25, -0.2) is 0 Å². The molecule has 1 fully saturated rings. The molecule has 1 unspecified atom stereocenters. The number of hydrogen-bond acceptors (Lipinski definition) is 3. The third-order valence-electron chi connectivity index (χ3n) is 4.73. The zero-order chi connectivity index (χ0) is 14.6. The third kappa shape index (κ3) is 2.81. The van der Waals surface area contributed by atoms with Gasteiger partial charge >= 0.3 is 0 Å². The average Bonchev–Trinajstić information content (AvgIpc) is 2.54. The number of methoxy groups -OCH3 is 1. The molecule has 3 nitrogen and oxygen atoms in total. The lowest BCUT2D eigenvalue weighted by molar-refractivity contribution is 0.0241. The average molecular weight is 273 g/mol. The summed E-state index contributed by atoms with van der Waals surface area (Å²) in [6.07, 6.45) is 4.05. The summed E-state index contributed by atoms with van der Waals surface area (Å²) >= 11 is 0. The van der Waals surface area contributed by atoms with Crippen molar-refractivity contribution in [2.75, 3.05) is 7.11 Å². The van der Waals surface area contributed by atoms with E-state index in [4.69, 9.17) is 4.74 Å². The molecule has 1 N–H and O–H groups in total. The van der Waals surface area contributed by atoms with E-state index in [1.165, 1.54) is 0 Å². The normalized spacial score (nSPS) is 27.6. The minimum atomic E-state index is -0.736. The Morgan fingerprint density at radius 2 is 2.15 bits per heavy atom. The Bertz CT molecular complexity index is 484. The summed E-state index contributed by atoms with van der Waals surface area (Å²) in [5, 5.41) is 20.3. The summed E-state index contributed by atoms with van der Waals surface area (Å²) in [5.41, 5.74) is 0.138. The van der Waals surface area contributed by atoms with Crippen molar-refractivity contribution in [1.82, 2.24) is 0 Å². The molecule has 108 valence electrons. The van der Waals surface area contributed by atoms with E-state index in [1.807, 2.05) is 24.3 Å². The second-order valence-corrected chi connectivity index (χ2v) is 5.80. The van der Waals surface area contributed by atoms with E-state index in [1.54, 1.807) is 7.11 Å². The summed E-state index contributed by atoms with van der Waals surface area (Å²) < 4.78 is 5.20. The van der Waals surface area contributed by atoms with E-state index in [2.05, 4.69) is 13.0 Å². The quantitative estimate of drug-likeness (QED) is 0.906. The van der Waals surface area contributed by atoms with Gasteiger partial charge in [0.05, 0.1) is 24.7 Å². The maximum Gasteiger partial charge on any atom is 0.119 e. The summed E-state index contributed by atoms with van der Waals surface area (Å²) in [5.74, 6) is 1.42. The van der Waals surface area contributed by atoms with Gasteiger partial charge in [-0.15, -0.1) is 0 Å². The first-order chi connectivity index (χ1) is 9.65. The van der Waals surface area contributed by atoms with Gasteiger partial charge in [-0.3, -0.25) is 0 Å². The van der Waals surface area contributed by atoms with E-state index in [-0.39, 0.29) is 0 Å². The fourth-order valence-corrected chi connectivity index (χ4v) is 3.18. The lowest BCUT2D eigenvalue weighted by Gasteiger charge is -2.38. The van der Waals surface area contributed by atoms with Crippen LogP contribution in [0.25, 0.3) is 0 Å². The molecule has 0 radical (unpaired) electrons. The number of aliphatic hydroxyl groups excluding tert-OH is 1. The molecule has 1 aromatic rings. The van der Waals surface area contributed by atoms with Crippen LogP contribution in [0.2, 0.25) is 0 Å². The van der Waals surface area contributed by atoms with Gasteiger partial charge in [0.15, 0.2) is 0 Å². The van der Waals surface area contributed by atoms with E-state index in [9.17, 15) is 10.4 Å². The molecule has 20 heavy (non-hydrogen) atoms. The van der Waals surface area contributed by atoms with Crippen LogP contribution in [0.1, 0.15) is 50.7 Å². The van der Waals surface area contributed by atoms with Crippen LogP contribution < -0.4 is 4.74 Å². The predicted molar refractivity (Wildman–Crippen MR) is 78.2 cm³/mol. The van der Waals surface area contributed by atoms with Crippen molar-refractivity contribution in [2.45, 2.75) is 45.1 Å². The molecule has 1 aliphatic rings. The molecule has 1 aliphatic carbocycles. The first kappa shape index (κ1) is 14.9. The summed E-state index contributed by atoms with van der Waals surface area (Å²) in [6.45, 7) is 2.20. The number of nitrogens with zero attached hydrogens (tertiary/aromatic N) is 1. The minimum absolute atomic E-state index is 0.641. The molecule has 2 rings (SSSR count). The molecule has 0 aromatic heterocycles. The van der Waals surface area contributed by atoms with Crippen LogP contribution in [0.5, 0.6) is 5.75 Å². The molecule has 1 saturated carbocycles. The van der Waals surface area contributed by atoms with Gasteiger partial charge in [-0.1, -0.05) is 25.5 Å². The molecule has 0 aliphatic heterocycles. The summed E-state index contributed by atoms with van der Waals surface area (Å²) in [6, 6.07) is 9.82. The summed E-state index contributed by atoms with van der Waals surface area (Å²) in [4.78, 5) is 0. The van der Waals surface area contributed by atoms with Crippen LogP contribution in [0.15, 0.2) is 24.3 Å². The highest BCUT2D eigenvalue weighted by atomic mass is 16.5. The van der Waals surface area contributed by atoms with Crippen LogP contribution in [0.3, 0.4) is 0 Å². The molecule has 0 heterocycles. The Balaban J connectivity index is 2.21. The molecular weight excluding hydrogens is 250 g/mol. The number of rotatable bonds is 4. The van der Waals surface area contributed by atoms with Crippen molar-refractivity contribution in [3.8, 4) is 11.8 Å². The molecule has 0 spiro atoms. The fourth-order valence-electron chi connectivity index (χ4n) is 3.18. The Hall–Kier alpha value is -1.53. The second-order valence-electron chi connectivity index (χ2n) is 5.80. The summed E-state index contributed by atoms with van der Waals surface area (Å²) in [7, 11) is 1.61. The Morgan fingerprint density at radius 1 is 1.45 bits per heavy atom. The van der Waals surface area contributed by atoms with Gasteiger partial charge in [0, 0.05) is 0 Å². The largest absolute Gasteiger partial charge is 0.497 e. The van der Waals surface area contributed by atoms with Gasteiger partial charge < -0.3 is 9.84 Å². The van der Waals surface area contributed by atoms with Gasteiger partial charge in [0.25, 0.3) is 0 Å². The van der Waals surface area contributed by atoms with Crippen molar-refractivity contribution in [2.24, 2.45) is 11.3 Å². The molecule has 1 aromatic carbocycles. The van der Waals surface area contributed by atoms with Gasteiger partial charge in [-0.2, -0.15) is 5.26 Å². The van der Waals surface area contributed by atoms with Crippen molar-refractivity contribution >= 4 is 0 Å². The monoisotopic (exact) mass is 273 g/mol. The molecule has 0 bridgehead atoms. The lowest BCUT2D eigenvalue weighted by atomic mass is 9.66. The Kier molecular flexibility index (Phi) is 4.67. The zero-order valence-electron chi connectivity index (χ0n) is 12.3. The molecule has 1 atom stereocenters. The SMILES string of the molecule is CCC1CCC(C#N)(C(O)c2cccc(OC)c2)CC1. The molecular formula is C17H23NO2. The van der Waals surface area contributed by atoms with Crippen molar-refractivity contribution in [1.29, 1.82) is 5.26 Å². The van der Waals surface area contributed by atoms with Gasteiger partial charge in [0.2, 0.25) is 0 Å². The van der Waals surface area contributed by atoms with E-state index < -0.39 is 11.5 Å². The van der Waals surface area contributed by atoms with Crippen LogP contribution in [0, 0.1) is 22.7 Å². The minimum Gasteiger partial charge on any atom is -0.497 e. The van der Waals surface area contributed by atoms with Crippen LogP contribution in [-0.2, 0) is 0 Å². The van der Waals surface area contributed by atoms with E-state index in [0.29, 0.717) is 5.92 Å². The van der Waals surface area contributed by atoms with Crippen molar-refractivity contribution in [3.63, 3.8) is 0 Å². The van der Waals surface area contributed by atoms with Crippen molar-refractivity contribution in [3.05, 3.63) is 29.8 Å². The highest BCUT2D eigenvalue weighted by molar-refractivity contribution is 5.32. The molecule has 0 saturated heterocycles. The Labute approximate surface area is 121 Å². The zero-order valence-corrected chi connectivity index (χ0v) is 12.3. The number of nitriles is 1. The second kappa shape index (κ2) is 6.28. The molecule has 0 amide bonds. The number of ether oxygens (including phenoxy) is 1. The topological polar surface area (TPSA) is 53.2 Å². The van der Waals surface area contributed by atoms with E-state index >= 15 is 0 Å². The number of benzene rings is 1. The van der Waals surface area contributed by atoms with Gasteiger partial charge in [-0.05, 0) is 49.3 Å². The first-order valence-corrected chi connectivity index (χ1v) is 7.38. The number of aliphatic hydroxyl groups is 1. The van der Waals surface area contributed by atoms with Crippen LogP contribution in [0.4, 0.5) is 0 Å². The van der Waals surface area contributed by atoms with Crippen LogP contribution in [-0.4, -0.2) is 12.2 Å². The maximum atomic E-state index is 10.7. The fraction of sp³-hybridized carbons (Fsp3) is 0.588.